The number of nitrogens with zero attached hydrogens (tertiary/aromatic N) is 4. The Kier molecular flexibility index (Phi) is 6.82. The lowest BCUT2D eigenvalue weighted by molar-refractivity contribution is -0.111. The molecule has 32 heavy (non-hydrogen) atoms. The van der Waals surface area contributed by atoms with E-state index in [0.29, 0.717) is 17.3 Å². The van der Waals surface area contributed by atoms with E-state index in [1.807, 2.05) is 20.8 Å². The maximum absolute atomic E-state index is 12.6. The highest BCUT2D eigenvalue weighted by molar-refractivity contribution is 6.01. The first kappa shape index (κ1) is 22.9. The van der Waals surface area contributed by atoms with Gasteiger partial charge in [-0.05, 0) is 29.8 Å². The number of halogens is 2. The summed E-state index contributed by atoms with van der Waals surface area (Å²) in [4.78, 5) is 20.9. The van der Waals surface area contributed by atoms with Crippen molar-refractivity contribution in [2.24, 2.45) is 0 Å². The highest BCUT2D eigenvalue weighted by atomic mass is 19.3. The molecule has 3 aromatic rings. The minimum atomic E-state index is -2.97. The molecule has 0 saturated heterocycles. The highest BCUT2D eigenvalue weighted by Crippen LogP contribution is 2.30. The summed E-state index contributed by atoms with van der Waals surface area (Å²) in [6, 6.07) is 7.82. The second kappa shape index (κ2) is 9.54. The molecule has 0 aliphatic heterocycles. The second-order valence-electron chi connectivity index (χ2n) is 7.74. The maximum Gasteiger partial charge on any atom is 0.387 e. The molecule has 0 bridgehead atoms. The van der Waals surface area contributed by atoms with Crippen LogP contribution in [0.25, 0.3) is 12.0 Å². The van der Waals surface area contributed by atoms with Crippen LogP contribution in [0, 0.1) is 0 Å². The molecular formula is C22H23F2N5O3. The van der Waals surface area contributed by atoms with Gasteiger partial charge >= 0.3 is 6.61 Å². The molecular weight excluding hydrogens is 420 g/mol. The molecule has 3 rings (SSSR count). The molecule has 0 atom stereocenters. The van der Waals surface area contributed by atoms with E-state index in [2.05, 4.69) is 25.1 Å². The Morgan fingerprint density at radius 3 is 2.50 bits per heavy atom. The Hall–Kier alpha value is -3.82. The first-order chi connectivity index (χ1) is 15.2. The number of ether oxygens (including phenoxy) is 2. The van der Waals surface area contributed by atoms with Crippen LogP contribution in [0.2, 0.25) is 0 Å². The largest absolute Gasteiger partial charge is 0.493 e. The lowest BCUT2D eigenvalue weighted by atomic mass is 9.92. The number of aromatic nitrogens is 4. The van der Waals surface area contributed by atoms with Crippen molar-refractivity contribution in [3.8, 4) is 17.4 Å². The van der Waals surface area contributed by atoms with Crippen molar-refractivity contribution in [3.63, 3.8) is 0 Å². The van der Waals surface area contributed by atoms with Crippen LogP contribution >= 0.6 is 0 Å². The minimum Gasteiger partial charge on any atom is -0.493 e. The Bertz CT molecular complexity index is 1110. The van der Waals surface area contributed by atoms with Crippen molar-refractivity contribution in [1.82, 2.24) is 19.7 Å². The van der Waals surface area contributed by atoms with Crippen LogP contribution in [0.15, 0.2) is 48.8 Å². The SMILES string of the molecule is COc1cc(/C=C/C(=O)Nc2cc(C(C)(C)C)nn2-c2ncccn2)ccc1OC(F)F. The summed E-state index contributed by atoms with van der Waals surface area (Å²) in [5.41, 5.74) is 1.06. The van der Waals surface area contributed by atoms with Crippen LogP contribution in [0.4, 0.5) is 14.6 Å². The fraction of sp³-hybridized carbons (Fsp3) is 0.273. The number of carbonyl (C=O) groups is 1. The normalized spacial score (nSPS) is 11.7. The summed E-state index contributed by atoms with van der Waals surface area (Å²) in [6.07, 6.45) is 6.00. The fourth-order valence-corrected chi connectivity index (χ4v) is 2.71. The van der Waals surface area contributed by atoms with Crippen LogP contribution in [-0.4, -0.2) is 39.4 Å². The predicted octanol–water partition coefficient (Wildman–Crippen LogP) is 4.22. The van der Waals surface area contributed by atoms with E-state index in [-0.39, 0.29) is 16.9 Å². The molecule has 0 saturated carbocycles. The van der Waals surface area contributed by atoms with Gasteiger partial charge in [-0.3, -0.25) is 4.79 Å². The number of alkyl halides is 2. The first-order valence-corrected chi connectivity index (χ1v) is 9.67. The number of carbonyl (C=O) groups excluding carboxylic acids is 1. The molecule has 0 radical (unpaired) electrons. The van der Waals surface area contributed by atoms with E-state index >= 15 is 0 Å². The standard InChI is InChI=1S/C22H23F2N5O3/c1-22(2,3)17-13-18(29(28-17)21-25-10-5-11-26-21)27-19(30)9-7-14-6-8-15(32-20(23)24)16(12-14)31-4/h5-13,20H,1-4H3,(H,27,30)/b9-7+. The summed E-state index contributed by atoms with van der Waals surface area (Å²) < 4.78 is 35.9. The third-order valence-corrected chi connectivity index (χ3v) is 4.30. The monoisotopic (exact) mass is 443 g/mol. The highest BCUT2D eigenvalue weighted by Gasteiger charge is 2.22. The van der Waals surface area contributed by atoms with E-state index in [4.69, 9.17) is 4.74 Å². The molecule has 0 aliphatic rings. The van der Waals surface area contributed by atoms with Gasteiger partial charge in [-0.15, -0.1) is 0 Å². The van der Waals surface area contributed by atoms with Gasteiger partial charge in [0.1, 0.15) is 5.82 Å². The number of hydrogen-bond acceptors (Lipinski definition) is 6. The molecule has 168 valence electrons. The average molecular weight is 443 g/mol. The second-order valence-corrected chi connectivity index (χ2v) is 7.74. The van der Waals surface area contributed by atoms with E-state index in [1.165, 1.54) is 42.1 Å². The molecule has 0 fully saturated rings. The van der Waals surface area contributed by atoms with Crippen molar-refractivity contribution in [2.45, 2.75) is 32.8 Å². The summed E-state index contributed by atoms with van der Waals surface area (Å²) in [6.45, 7) is 3.05. The molecule has 1 amide bonds. The summed E-state index contributed by atoms with van der Waals surface area (Å²) in [7, 11) is 1.34. The van der Waals surface area contributed by atoms with Gasteiger partial charge in [0, 0.05) is 30.0 Å². The summed E-state index contributed by atoms with van der Waals surface area (Å²) in [5.74, 6) is 0.345. The first-order valence-electron chi connectivity index (χ1n) is 9.67. The van der Waals surface area contributed by atoms with Gasteiger partial charge in [-0.1, -0.05) is 26.8 Å². The van der Waals surface area contributed by atoms with Crippen LogP contribution in [0.1, 0.15) is 32.0 Å². The van der Waals surface area contributed by atoms with Crippen LogP contribution in [0.5, 0.6) is 11.5 Å². The topological polar surface area (TPSA) is 91.2 Å². The van der Waals surface area contributed by atoms with Crippen molar-refractivity contribution in [1.29, 1.82) is 0 Å². The number of hydrogen-bond donors (Lipinski definition) is 1. The molecule has 2 aromatic heterocycles. The van der Waals surface area contributed by atoms with Crippen LogP contribution in [-0.2, 0) is 10.2 Å². The average Bonchev–Trinajstić information content (AvgIpc) is 3.17. The van der Waals surface area contributed by atoms with Crippen molar-refractivity contribution in [2.75, 3.05) is 12.4 Å². The Labute approximate surface area is 183 Å². The number of amides is 1. The minimum absolute atomic E-state index is 0.0921. The van der Waals surface area contributed by atoms with Gasteiger partial charge < -0.3 is 14.8 Å². The lowest BCUT2D eigenvalue weighted by Gasteiger charge is -2.13. The Balaban J connectivity index is 1.82. The Morgan fingerprint density at radius 1 is 1.16 bits per heavy atom. The molecule has 0 spiro atoms. The lowest BCUT2D eigenvalue weighted by Crippen LogP contribution is -2.14. The fourth-order valence-electron chi connectivity index (χ4n) is 2.71. The van der Waals surface area contributed by atoms with Crippen molar-refractivity contribution in [3.05, 3.63) is 60.1 Å². The van der Waals surface area contributed by atoms with E-state index in [9.17, 15) is 13.6 Å². The third-order valence-electron chi connectivity index (χ3n) is 4.30. The molecule has 10 heteroatoms. The van der Waals surface area contributed by atoms with Gasteiger partial charge in [0.15, 0.2) is 11.5 Å². The third kappa shape index (κ3) is 5.65. The smallest absolute Gasteiger partial charge is 0.387 e. The van der Waals surface area contributed by atoms with Crippen molar-refractivity contribution < 1.29 is 23.0 Å². The predicted molar refractivity (Wildman–Crippen MR) is 115 cm³/mol. The van der Waals surface area contributed by atoms with E-state index in [0.717, 1.165) is 5.69 Å². The molecule has 1 N–H and O–H groups in total. The van der Waals surface area contributed by atoms with E-state index in [1.54, 1.807) is 24.5 Å². The number of nitrogens with one attached hydrogen (secondary N) is 1. The molecule has 0 unspecified atom stereocenters. The molecule has 0 aliphatic carbocycles. The van der Waals surface area contributed by atoms with Crippen LogP contribution < -0.4 is 14.8 Å². The van der Waals surface area contributed by atoms with Gasteiger partial charge in [0.05, 0.1) is 12.8 Å². The van der Waals surface area contributed by atoms with Crippen LogP contribution in [0.3, 0.4) is 0 Å². The maximum atomic E-state index is 12.6. The van der Waals surface area contributed by atoms with Gasteiger partial charge in [-0.2, -0.15) is 18.6 Å². The zero-order valence-corrected chi connectivity index (χ0v) is 18.0. The number of methoxy groups -OCH3 is 1. The van der Waals surface area contributed by atoms with E-state index < -0.39 is 12.5 Å². The zero-order chi connectivity index (χ0) is 23.3. The quantitative estimate of drug-likeness (QED) is 0.550. The van der Waals surface area contributed by atoms with Gasteiger partial charge in [-0.25, -0.2) is 9.97 Å². The summed E-state index contributed by atoms with van der Waals surface area (Å²) in [5, 5.41) is 7.32. The number of anilines is 1. The van der Waals surface area contributed by atoms with Crippen molar-refractivity contribution >= 4 is 17.8 Å². The Morgan fingerprint density at radius 2 is 1.88 bits per heavy atom. The zero-order valence-electron chi connectivity index (χ0n) is 18.0. The van der Waals surface area contributed by atoms with Gasteiger partial charge in [0.2, 0.25) is 5.91 Å². The summed E-state index contributed by atoms with van der Waals surface area (Å²) >= 11 is 0. The molecule has 1 aromatic carbocycles. The van der Waals surface area contributed by atoms with Gasteiger partial charge in [0.25, 0.3) is 5.95 Å². The number of benzene rings is 1. The molecule has 8 nitrogen and oxygen atoms in total. The molecule has 2 heterocycles. The number of rotatable bonds is 7.